The van der Waals surface area contributed by atoms with Gasteiger partial charge in [-0.15, -0.1) is 0 Å². The highest BCUT2D eigenvalue weighted by Crippen LogP contribution is 2.23. The van der Waals surface area contributed by atoms with Crippen LogP contribution in [0.25, 0.3) is 11.5 Å². The number of hydrogen-bond acceptors (Lipinski definition) is 6. The van der Waals surface area contributed by atoms with E-state index in [1.165, 1.54) is 5.56 Å². The molecule has 4 rings (SSSR count). The van der Waals surface area contributed by atoms with Crippen LogP contribution < -0.4 is 4.74 Å². The first kappa shape index (κ1) is 18.7. The van der Waals surface area contributed by atoms with E-state index in [1.54, 1.807) is 13.4 Å². The molecular weight excluding hydrogens is 352 g/mol. The number of aromatic nitrogens is 2. The summed E-state index contributed by atoms with van der Waals surface area (Å²) < 4.78 is 10.9. The van der Waals surface area contributed by atoms with Crippen molar-refractivity contribution in [3.8, 4) is 17.2 Å². The van der Waals surface area contributed by atoms with Crippen LogP contribution in [-0.2, 0) is 13.1 Å². The molecular formula is C22H26N4O2. The maximum absolute atomic E-state index is 5.71. The third kappa shape index (κ3) is 4.40. The van der Waals surface area contributed by atoms with Gasteiger partial charge < -0.3 is 9.15 Å². The van der Waals surface area contributed by atoms with Crippen molar-refractivity contribution in [1.82, 2.24) is 19.8 Å². The molecule has 1 aliphatic rings. The summed E-state index contributed by atoms with van der Waals surface area (Å²) in [6.07, 6.45) is 5.55. The van der Waals surface area contributed by atoms with Crippen molar-refractivity contribution >= 4 is 0 Å². The van der Waals surface area contributed by atoms with Crippen LogP contribution in [0.3, 0.4) is 0 Å². The van der Waals surface area contributed by atoms with Crippen molar-refractivity contribution in [2.24, 2.45) is 0 Å². The molecule has 0 spiro atoms. The minimum Gasteiger partial charge on any atom is -0.497 e. The fourth-order valence-electron chi connectivity index (χ4n) is 3.65. The second kappa shape index (κ2) is 8.54. The number of pyridine rings is 1. The van der Waals surface area contributed by atoms with Gasteiger partial charge in [-0.25, -0.2) is 4.98 Å². The van der Waals surface area contributed by atoms with Crippen LogP contribution in [0, 0.1) is 0 Å². The summed E-state index contributed by atoms with van der Waals surface area (Å²) in [5.74, 6) is 1.48. The number of piperazine rings is 1. The topological polar surface area (TPSA) is 54.6 Å². The monoisotopic (exact) mass is 378 g/mol. The Morgan fingerprint density at radius 2 is 2.00 bits per heavy atom. The molecule has 6 heteroatoms. The Morgan fingerprint density at radius 3 is 2.71 bits per heavy atom. The number of nitrogens with zero attached hydrogens (tertiary/aromatic N) is 4. The Bertz CT molecular complexity index is 879. The summed E-state index contributed by atoms with van der Waals surface area (Å²) in [7, 11) is 1.66. The summed E-state index contributed by atoms with van der Waals surface area (Å²) >= 11 is 0. The third-order valence-corrected chi connectivity index (χ3v) is 5.23. The molecule has 0 saturated carbocycles. The highest BCUT2D eigenvalue weighted by Gasteiger charge is 2.24. The molecule has 0 aliphatic carbocycles. The zero-order valence-corrected chi connectivity index (χ0v) is 16.4. The predicted molar refractivity (Wildman–Crippen MR) is 108 cm³/mol. The van der Waals surface area contributed by atoms with Crippen LogP contribution in [0.2, 0.25) is 0 Å². The minimum atomic E-state index is 0.464. The first-order chi connectivity index (χ1) is 13.7. The largest absolute Gasteiger partial charge is 0.497 e. The zero-order valence-electron chi connectivity index (χ0n) is 16.4. The average molecular weight is 378 g/mol. The van der Waals surface area contributed by atoms with Crippen molar-refractivity contribution in [1.29, 1.82) is 0 Å². The van der Waals surface area contributed by atoms with Crippen LogP contribution in [0.15, 0.2) is 59.5 Å². The molecule has 0 unspecified atom stereocenters. The molecule has 3 aromatic rings. The van der Waals surface area contributed by atoms with Gasteiger partial charge in [0.25, 0.3) is 0 Å². The Kier molecular flexibility index (Phi) is 5.69. The van der Waals surface area contributed by atoms with Gasteiger partial charge in [-0.1, -0.05) is 6.07 Å². The Labute approximate surface area is 165 Å². The highest BCUT2D eigenvalue weighted by molar-refractivity contribution is 5.54. The smallest absolute Gasteiger partial charge is 0.226 e. The number of ether oxygens (including phenoxy) is 1. The molecule has 1 aliphatic heterocycles. The molecule has 0 amide bonds. The Hall–Kier alpha value is -2.70. The van der Waals surface area contributed by atoms with Crippen molar-refractivity contribution < 1.29 is 9.15 Å². The fourth-order valence-corrected chi connectivity index (χ4v) is 3.65. The quantitative estimate of drug-likeness (QED) is 0.655. The van der Waals surface area contributed by atoms with E-state index in [0.717, 1.165) is 49.7 Å². The fraction of sp³-hybridized carbons (Fsp3) is 0.364. The molecule has 0 bridgehead atoms. The molecule has 2 aromatic heterocycles. The lowest BCUT2D eigenvalue weighted by Crippen LogP contribution is -2.50. The molecule has 1 aromatic carbocycles. The summed E-state index contributed by atoms with van der Waals surface area (Å²) in [5.41, 5.74) is 3.20. The second-order valence-electron chi connectivity index (χ2n) is 7.29. The van der Waals surface area contributed by atoms with Crippen molar-refractivity contribution in [3.05, 3.63) is 66.3 Å². The van der Waals surface area contributed by atoms with E-state index in [4.69, 9.17) is 9.15 Å². The Balaban J connectivity index is 1.34. The summed E-state index contributed by atoms with van der Waals surface area (Å²) in [4.78, 5) is 13.9. The van der Waals surface area contributed by atoms with Gasteiger partial charge in [-0.2, -0.15) is 0 Å². The van der Waals surface area contributed by atoms with Gasteiger partial charge in [-0.05, 0) is 42.8 Å². The van der Waals surface area contributed by atoms with Crippen LogP contribution >= 0.6 is 0 Å². The number of methoxy groups -OCH3 is 1. The van der Waals surface area contributed by atoms with Crippen molar-refractivity contribution in [2.75, 3.05) is 26.7 Å². The molecule has 1 fully saturated rings. The molecule has 1 atom stereocenters. The average Bonchev–Trinajstić information content (AvgIpc) is 3.19. The molecule has 146 valence electrons. The molecule has 6 nitrogen and oxygen atoms in total. The number of oxazole rings is 1. The molecule has 28 heavy (non-hydrogen) atoms. The molecule has 0 radical (unpaired) electrons. The second-order valence-corrected chi connectivity index (χ2v) is 7.29. The van der Waals surface area contributed by atoms with Gasteiger partial charge in [0, 0.05) is 56.7 Å². The van der Waals surface area contributed by atoms with Crippen LogP contribution in [0.5, 0.6) is 5.75 Å². The normalized spacial score (nSPS) is 18.3. The van der Waals surface area contributed by atoms with E-state index in [0.29, 0.717) is 11.9 Å². The van der Waals surface area contributed by atoms with Crippen LogP contribution in [0.1, 0.15) is 18.2 Å². The van der Waals surface area contributed by atoms with Gasteiger partial charge in [0.15, 0.2) is 0 Å². The molecule has 3 heterocycles. The van der Waals surface area contributed by atoms with E-state index in [2.05, 4.69) is 32.8 Å². The number of hydrogen-bond donors (Lipinski definition) is 0. The van der Waals surface area contributed by atoms with Crippen molar-refractivity contribution in [3.63, 3.8) is 0 Å². The van der Waals surface area contributed by atoms with Gasteiger partial charge in [0.2, 0.25) is 5.89 Å². The van der Waals surface area contributed by atoms with Crippen molar-refractivity contribution in [2.45, 2.75) is 26.1 Å². The zero-order chi connectivity index (χ0) is 19.3. The van der Waals surface area contributed by atoms with E-state index in [1.807, 2.05) is 42.7 Å². The molecule has 0 N–H and O–H groups in total. The summed E-state index contributed by atoms with van der Waals surface area (Å²) in [5, 5.41) is 0. The lowest BCUT2D eigenvalue weighted by Gasteiger charge is -2.39. The van der Waals surface area contributed by atoms with Crippen LogP contribution in [0.4, 0.5) is 0 Å². The maximum atomic E-state index is 5.71. The van der Waals surface area contributed by atoms with Gasteiger partial charge in [-0.3, -0.25) is 14.8 Å². The van der Waals surface area contributed by atoms with E-state index in [9.17, 15) is 0 Å². The third-order valence-electron chi connectivity index (χ3n) is 5.23. The molecule has 1 saturated heterocycles. The van der Waals surface area contributed by atoms with Gasteiger partial charge in [0.1, 0.15) is 12.0 Å². The lowest BCUT2D eigenvalue weighted by atomic mass is 10.1. The SMILES string of the molecule is COc1ccc(-c2nc(CN3CCN(Cc4cccnc4)C[C@@H]3C)co2)cc1. The van der Waals surface area contributed by atoms with Gasteiger partial charge in [0.05, 0.1) is 12.8 Å². The number of benzene rings is 1. The standard InChI is InChI=1S/C22H26N4O2/c1-17-13-25(14-18-4-3-9-23-12-18)10-11-26(17)15-20-16-28-22(24-20)19-5-7-21(27-2)8-6-19/h3-9,12,16-17H,10-11,13-15H2,1-2H3/t17-/m0/s1. The first-order valence-electron chi connectivity index (χ1n) is 9.65. The Morgan fingerprint density at radius 1 is 1.14 bits per heavy atom. The maximum Gasteiger partial charge on any atom is 0.226 e. The lowest BCUT2D eigenvalue weighted by molar-refractivity contribution is 0.0723. The van der Waals surface area contributed by atoms with E-state index in [-0.39, 0.29) is 0 Å². The number of rotatable bonds is 6. The minimum absolute atomic E-state index is 0.464. The first-order valence-corrected chi connectivity index (χ1v) is 9.65. The van der Waals surface area contributed by atoms with E-state index < -0.39 is 0 Å². The summed E-state index contributed by atoms with van der Waals surface area (Å²) in [6.45, 7) is 7.14. The predicted octanol–water partition coefficient (Wildman–Crippen LogP) is 3.45. The van der Waals surface area contributed by atoms with E-state index >= 15 is 0 Å². The van der Waals surface area contributed by atoms with Gasteiger partial charge >= 0.3 is 0 Å². The highest BCUT2D eigenvalue weighted by atomic mass is 16.5. The van der Waals surface area contributed by atoms with Crippen LogP contribution in [-0.4, -0.2) is 52.6 Å². The summed E-state index contributed by atoms with van der Waals surface area (Å²) in [6, 6.07) is 12.4.